The van der Waals surface area contributed by atoms with Gasteiger partial charge >= 0.3 is 0 Å². The fourth-order valence-electron chi connectivity index (χ4n) is 5.58. The Morgan fingerprint density at radius 2 is 1.53 bits per heavy atom. The zero-order chi connectivity index (χ0) is 26.2. The molecule has 5 rings (SSSR count). The lowest BCUT2D eigenvalue weighted by Crippen LogP contribution is -2.48. The predicted molar refractivity (Wildman–Crippen MR) is 145 cm³/mol. The van der Waals surface area contributed by atoms with Crippen LogP contribution >= 0.6 is 0 Å². The van der Waals surface area contributed by atoms with Gasteiger partial charge in [-0.1, -0.05) is 24.3 Å². The summed E-state index contributed by atoms with van der Waals surface area (Å²) in [6.07, 6.45) is 3.97. The lowest BCUT2D eigenvalue weighted by atomic mass is 10.00. The molecule has 3 saturated heterocycles. The van der Waals surface area contributed by atoms with Crippen molar-refractivity contribution < 1.29 is 23.4 Å². The monoisotopic (exact) mass is 525 g/mol. The summed E-state index contributed by atoms with van der Waals surface area (Å²) in [4.78, 5) is 20.4. The topological polar surface area (TPSA) is 54.5 Å². The molecule has 2 aromatic carbocycles. The van der Waals surface area contributed by atoms with Gasteiger partial charge in [-0.2, -0.15) is 0 Å². The van der Waals surface area contributed by atoms with E-state index in [2.05, 4.69) is 34.1 Å². The Labute approximate surface area is 225 Å². The Kier molecular flexibility index (Phi) is 9.62. The maximum Gasteiger partial charge on any atom is 0.227 e. The molecule has 206 valence electrons. The molecule has 1 amide bonds. The largest absolute Gasteiger partial charge is 0.378 e. The second-order valence-electron chi connectivity index (χ2n) is 10.5. The number of nitrogens with zero attached hydrogens (tertiary/aromatic N) is 3. The second kappa shape index (κ2) is 13.5. The number of carbonyl (C=O) groups excluding carboxylic acids is 1. The fraction of sp³-hybridized carbons (Fsp3) is 0.567. The number of ether oxygens (including phenoxy) is 3. The van der Waals surface area contributed by atoms with Crippen LogP contribution in [-0.4, -0.2) is 87.2 Å². The maximum absolute atomic E-state index is 13.7. The Bertz CT molecular complexity index is 999. The molecule has 8 heteroatoms. The number of likely N-dealkylation sites (tertiary alicyclic amines) is 1. The van der Waals surface area contributed by atoms with Crippen molar-refractivity contribution in [2.45, 2.75) is 51.0 Å². The minimum absolute atomic E-state index is 0.0901. The van der Waals surface area contributed by atoms with E-state index >= 15 is 0 Å². The summed E-state index contributed by atoms with van der Waals surface area (Å²) in [5, 5.41) is 0. The first-order valence-corrected chi connectivity index (χ1v) is 14.1. The van der Waals surface area contributed by atoms with Crippen LogP contribution in [0.4, 0.5) is 10.1 Å². The van der Waals surface area contributed by atoms with Crippen molar-refractivity contribution in [1.29, 1.82) is 0 Å². The summed E-state index contributed by atoms with van der Waals surface area (Å²) < 4.78 is 30.4. The normalized spacial score (nSPS) is 20.0. The maximum atomic E-state index is 13.7. The van der Waals surface area contributed by atoms with Crippen molar-refractivity contribution >= 4 is 11.6 Å². The average molecular weight is 526 g/mol. The van der Waals surface area contributed by atoms with Gasteiger partial charge in [-0.05, 0) is 54.7 Å². The highest BCUT2D eigenvalue weighted by Gasteiger charge is 2.29. The van der Waals surface area contributed by atoms with Crippen LogP contribution in [-0.2, 0) is 32.0 Å². The summed E-state index contributed by atoms with van der Waals surface area (Å²) in [6.45, 7) is 8.17. The number of morpholine rings is 1. The molecule has 2 aromatic rings. The van der Waals surface area contributed by atoms with Crippen LogP contribution in [0.25, 0.3) is 0 Å². The van der Waals surface area contributed by atoms with E-state index in [0.717, 1.165) is 96.0 Å². The van der Waals surface area contributed by atoms with Gasteiger partial charge in [-0.3, -0.25) is 4.79 Å². The highest BCUT2D eigenvalue weighted by Crippen LogP contribution is 2.23. The van der Waals surface area contributed by atoms with Gasteiger partial charge in [0.25, 0.3) is 0 Å². The molecule has 0 atom stereocenters. The van der Waals surface area contributed by atoms with Gasteiger partial charge in [-0.25, -0.2) is 4.39 Å². The number of hydrogen-bond acceptors (Lipinski definition) is 6. The van der Waals surface area contributed by atoms with E-state index in [-0.39, 0.29) is 24.1 Å². The molecular weight excluding hydrogens is 485 g/mol. The molecule has 38 heavy (non-hydrogen) atoms. The standard InChI is InChI=1S/C30H40FN3O4/c31-26-6-2-25(3-7-26)23-34(28-10-13-32(14-11-28)15-12-30-37-18-1-19-38-30)29(35)22-24-4-8-27(9-5-24)33-16-20-36-21-17-33/h2-9,28,30H,1,10-23H2. The first-order valence-electron chi connectivity index (χ1n) is 14.1. The zero-order valence-electron chi connectivity index (χ0n) is 22.2. The SMILES string of the molecule is O=C(Cc1ccc(N2CCOCC2)cc1)N(Cc1ccc(F)cc1)C1CCN(CCC2OCCCO2)CC1. The molecule has 3 aliphatic heterocycles. The third kappa shape index (κ3) is 7.53. The van der Waals surface area contributed by atoms with Crippen LogP contribution in [0, 0.1) is 5.82 Å². The minimum atomic E-state index is -0.258. The summed E-state index contributed by atoms with van der Waals surface area (Å²) >= 11 is 0. The zero-order valence-corrected chi connectivity index (χ0v) is 22.2. The third-order valence-electron chi connectivity index (χ3n) is 7.83. The molecule has 0 aliphatic carbocycles. The number of benzene rings is 2. The van der Waals surface area contributed by atoms with E-state index in [9.17, 15) is 9.18 Å². The Morgan fingerprint density at radius 3 is 2.21 bits per heavy atom. The van der Waals surface area contributed by atoms with Gasteiger partial charge in [0.15, 0.2) is 6.29 Å². The lowest BCUT2D eigenvalue weighted by molar-refractivity contribution is -0.182. The Balaban J connectivity index is 1.19. The summed E-state index contributed by atoms with van der Waals surface area (Å²) in [5.74, 6) is -0.137. The van der Waals surface area contributed by atoms with Gasteiger partial charge in [0.05, 0.1) is 32.8 Å². The molecule has 0 radical (unpaired) electrons. The van der Waals surface area contributed by atoms with Gasteiger partial charge in [0, 0.05) is 57.4 Å². The van der Waals surface area contributed by atoms with Crippen molar-refractivity contribution in [1.82, 2.24) is 9.80 Å². The first kappa shape index (κ1) is 27.1. The van der Waals surface area contributed by atoms with Crippen LogP contribution in [0.1, 0.15) is 36.8 Å². The van der Waals surface area contributed by atoms with Crippen molar-refractivity contribution in [3.63, 3.8) is 0 Å². The van der Waals surface area contributed by atoms with Crippen molar-refractivity contribution in [2.75, 3.05) is 64.1 Å². The van der Waals surface area contributed by atoms with Crippen molar-refractivity contribution in [3.05, 3.63) is 65.5 Å². The van der Waals surface area contributed by atoms with E-state index in [4.69, 9.17) is 14.2 Å². The number of carbonyl (C=O) groups is 1. The molecular formula is C30H40FN3O4. The van der Waals surface area contributed by atoms with E-state index in [1.807, 2.05) is 4.90 Å². The molecule has 0 N–H and O–H groups in total. The van der Waals surface area contributed by atoms with Gasteiger partial charge < -0.3 is 28.9 Å². The molecule has 3 heterocycles. The van der Waals surface area contributed by atoms with E-state index in [1.54, 1.807) is 12.1 Å². The summed E-state index contributed by atoms with van der Waals surface area (Å²) in [5.41, 5.74) is 3.14. The van der Waals surface area contributed by atoms with Crippen LogP contribution in [0.5, 0.6) is 0 Å². The first-order chi connectivity index (χ1) is 18.6. The Hall–Kier alpha value is -2.52. The molecule has 0 spiro atoms. The molecule has 0 unspecified atom stereocenters. The quantitative estimate of drug-likeness (QED) is 0.496. The highest BCUT2D eigenvalue weighted by atomic mass is 19.1. The highest BCUT2D eigenvalue weighted by molar-refractivity contribution is 5.79. The van der Waals surface area contributed by atoms with Crippen molar-refractivity contribution in [3.8, 4) is 0 Å². The summed E-state index contributed by atoms with van der Waals surface area (Å²) in [6, 6.07) is 15.0. The van der Waals surface area contributed by atoms with Crippen LogP contribution in [0.3, 0.4) is 0 Å². The number of anilines is 1. The van der Waals surface area contributed by atoms with Crippen LogP contribution in [0.2, 0.25) is 0 Å². The number of hydrogen-bond donors (Lipinski definition) is 0. The van der Waals surface area contributed by atoms with E-state index in [1.165, 1.54) is 17.8 Å². The molecule has 7 nitrogen and oxygen atoms in total. The molecule has 3 fully saturated rings. The molecule has 0 bridgehead atoms. The van der Waals surface area contributed by atoms with Gasteiger partial charge in [0.2, 0.25) is 5.91 Å². The average Bonchev–Trinajstić information content (AvgIpc) is 2.97. The number of halogens is 1. The van der Waals surface area contributed by atoms with E-state index < -0.39 is 0 Å². The smallest absolute Gasteiger partial charge is 0.227 e. The molecule has 0 saturated carbocycles. The second-order valence-corrected chi connectivity index (χ2v) is 10.5. The Morgan fingerprint density at radius 1 is 0.868 bits per heavy atom. The van der Waals surface area contributed by atoms with Gasteiger partial charge in [0.1, 0.15) is 5.82 Å². The third-order valence-corrected chi connectivity index (χ3v) is 7.83. The van der Waals surface area contributed by atoms with E-state index in [0.29, 0.717) is 13.0 Å². The van der Waals surface area contributed by atoms with Crippen LogP contribution < -0.4 is 4.90 Å². The lowest BCUT2D eigenvalue weighted by Gasteiger charge is -2.39. The van der Waals surface area contributed by atoms with Crippen molar-refractivity contribution in [2.24, 2.45) is 0 Å². The number of amides is 1. The van der Waals surface area contributed by atoms with Gasteiger partial charge in [-0.15, -0.1) is 0 Å². The summed E-state index contributed by atoms with van der Waals surface area (Å²) in [7, 11) is 0. The number of rotatable bonds is 9. The molecule has 3 aliphatic rings. The number of piperidine rings is 1. The molecule has 0 aromatic heterocycles. The predicted octanol–water partition coefficient (Wildman–Crippen LogP) is 3.85. The fourth-order valence-corrected chi connectivity index (χ4v) is 5.58. The van der Waals surface area contributed by atoms with Crippen LogP contribution in [0.15, 0.2) is 48.5 Å². The minimum Gasteiger partial charge on any atom is -0.378 e.